The molecule has 5 heteroatoms. The van der Waals surface area contributed by atoms with Gasteiger partial charge in [0, 0.05) is 11.4 Å². The molecule has 2 aromatic rings. The first-order chi connectivity index (χ1) is 9.19. The highest BCUT2D eigenvalue weighted by Gasteiger charge is 2.23. The Hall–Kier alpha value is -1.13. The third-order valence-corrected chi connectivity index (χ3v) is 4.94. The van der Waals surface area contributed by atoms with Crippen molar-refractivity contribution in [3.63, 3.8) is 0 Å². The summed E-state index contributed by atoms with van der Waals surface area (Å²) < 4.78 is 0. The Morgan fingerprint density at radius 1 is 1.53 bits per heavy atom. The average molecular weight is 294 g/mol. The van der Waals surface area contributed by atoms with E-state index in [2.05, 4.69) is 28.8 Å². The molecule has 1 atom stereocenters. The van der Waals surface area contributed by atoms with Crippen LogP contribution in [0.1, 0.15) is 23.8 Å². The Bertz CT molecular complexity index is 635. The summed E-state index contributed by atoms with van der Waals surface area (Å²) in [5, 5.41) is 4.74. The Morgan fingerprint density at radius 3 is 3.16 bits per heavy atom. The summed E-state index contributed by atoms with van der Waals surface area (Å²) in [5.74, 6) is 1.34. The van der Waals surface area contributed by atoms with Gasteiger partial charge in [-0.05, 0) is 30.7 Å². The van der Waals surface area contributed by atoms with Gasteiger partial charge in [-0.15, -0.1) is 17.9 Å². The van der Waals surface area contributed by atoms with Crippen molar-refractivity contribution >= 4 is 39.1 Å². The van der Waals surface area contributed by atoms with Crippen LogP contribution >= 0.6 is 22.9 Å². The molecule has 2 aromatic heterocycles. The van der Waals surface area contributed by atoms with Gasteiger partial charge in [-0.25, -0.2) is 9.97 Å². The van der Waals surface area contributed by atoms with Crippen LogP contribution in [0.25, 0.3) is 10.2 Å². The molecule has 19 heavy (non-hydrogen) atoms. The lowest BCUT2D eigenvalue weighted by atomic mass is 9.89. The van der Waals surface area contributed by atoms with Crippen LogP contribution in [0.15, 0.2) is 12.7 Å². The average Bonchev–Trinajstić information content (AvgIpc) is 2.73. The summed E-state index contributed by atoms with van der Waals surface area (Å²) in [6.07, 6.45) is 5.25. The molecule has 1 unspecified atom stereocenters. The molecule has 3 rings (SSSR count). The Morgan fingerprint density at radius 2 is 2.37 bits per heavy atom. The van der Waals surface area contributed by atoms with Gasteiger partial charge in [-0.2, -0.15) is 0 Å². The van der Waals surface area contributed by atoms with Crippen molar-refractivity contribution in [2.45, 2.75) is 26.2 Å². The lowest BCUT2D eigenvalue weighted by molar-refractivity contribution is 0.509. The van der Waals surface area contributed by atoms with E-state index in [9.17, 15) is 0 Å². The lowest BCUT2D eigenvalue weighted by Gasteiger charge is -2.17. The highest BCUT2D eigenvalue weighted by atomic mass is 35.5. The molecular weight excluding hydrogens is 278 g/mol. The van der Waals surface area contributed by atoms with Crippen molar-refractivity contribution in [3.05, 3.63) is 28.2 Å². The standard InChI is InChI=1S/C14H16ClN3S/c1-3-6-16-14-17-12(15)11-9-5-4-8(2)7-10(9)19-13(11)18-14/h3,8H,1,4-7H2,2H3,(H,16,17,18). The number of hydrogen-bond acceptors (Lipinski definition) is 4. The molecule has 0 fully saturated rings. The number of halogens is 1. The van der Waals surface area contributed by atoms with Gasteiger partial charge < -0.3 is 5.32 Å². The molecule has 0 saturated heterocycles. The van der Waals surface area contributed by atoms with E-state index in [0.717, 1.165) is 29.0 Å². The second kappa shape index (κ2) is 5.10. The number of nitrogens with zero attached hydrogens (tertiary/aromatic N) is 2. The van der Waals surface area contributed by atoms with Crippen molar-refractivity contribution < 1.29 is 0 Å². The van der Waals surface area contributed by atoms with Gasteiger partial charge in [0.05, 0.1) is 5.39 Å². The molecule has 0 bridgehead atoms. The number of hydrogen-bond donors (Lipinski definition) is 1. The van der Waals surface area contributed by atoms with Crippen LogP contribution in [0.3, 0.4) is 0 Å². The molecule has 1 N–H and O–H groups in total. The Balaban J connectivity index is 2.08. The van der Waals surface area contributed by atoms with E-state index in [1.54, 1.807) is 17.4 Å². The molecule has 1 aliphatic rings. The molecule has 0 aliphatic heterocycles. The maximum absolute atomic E-state index is 6.35. The van der Waals surface area contributed by atoms with E-state index in [1.165, 1.54) is 16.9 Å². The van der Waals surface area contributed by atoms with Crippen molar-refractivity contribution in [2.75, 3.05) is 11.9 Å². The largest absolute Gasteiger partial charge is 0.351 e. The van der Waals surface area contributed by atoms with Gasteiger partial charge in [-0.1, -0.05) is 24.6 Å². The first-order valence-electron chi connectivity index (χ1n) is 6.51. The summed E-state index contributed by atoms with van der Waals surface area (Å²) >= 11 is 8.11. The molecular formula is C14H16ClN3S. The topological polar surface area (TPSA) is 37.8 Å². The van der Waals surface area contributed by atoms with Crippen LogP contribution in [0, 0.1) is 5.92 Å². The SMILES string of the molecule is C=CCNc1nc(Cl)c2c3c(sc2n1)CC(C)CC3. The zero-order valence-corrected chi connectivity index (χ0v) is 12.4. The van der Waals surface area contributed by atoms with Crippen LogP contribution in [0.4, 0.5) is 5.95 Å². The van der Waals surface area contributed by atoms with Crippen molar-refractivity contribution in [1.29, 1.82) is 0 Å². The van der Waals surface area contributed by atoms with Gasteiger partial charge in [0.2, 0.25) is 5.95 Å². The van der Waals surface area contributed by atoms with Crippen LogP contribution in [-0.2, 0) is 12.8 Å². The van der Waals surface area contributed by atoms with Gasteiger partial charge in [0.25, 0.3) is 0 Å². The van der Waals surface area contributed by atoms with E-state index >= 15 is 0 Å². The smallest absolute Gasteiger partial charge is 0.225 e. The number of aromatic nitrogens is 2. The summed E-state index contributed by atoms with van der Waals surface area (Å²) in [5.41, 5.74) is 1.37. The summed E-state index contributed by atoms with van der Waals surface area (Å²) in [6.45, 7) is 6.62. The van der Waals surface area contributed by atoms with Gasteiger partial charge in [-0.3, -0.25) is 0 Å². The summed E-state index contributed by atoms with van der Waals surface area (Å²) in [7, 11) is 0. The minimum absolute atomic E-state index is 0.573. The zero-order valence-electron chi connectivity index (χ0n) is 10.9. The molecule has 0 radical (unpaired) electrons. The highest BCUT2D eigenvalue weighted by Crippen LogP contribution is 2.40. The van der Waals surface area contributed by atoms with Crippen LogP contribution < -0.4 is 5.32 Å². The molecule has 0 saturated carbocycles. The molecule has 2 heterocycles. The number of anilines is 1. The lowest BCUT2D eigenvalue weighted by Crippen LogP contribution is -2.08. The fraction of sp³-hybridized carbons (Fsp3) is 0.429. The minimum Gasteiger partial charge on any atom is -0.351 e. The van der Waals surface area contributed by atoms with Crippen molar-refractivity contribution in [1.82, 2.24) is 9.97 Å². The van der Waals surface area contributed by atoms with Crippen molar-refractivity contribution in [2.24, 2.45) is 5.92 Å². The van der Waals surface area contributed by atoms with E-state index in [1.807, 2.05) is 0 Å². The number of fused-ring (bicyclic) bond motifs is 3. The number of thiophene rings is 1. The fourth-order valence-electron chi connectivity index (χ4n) is 2.54. The first kappa shape index (κ1) is 12.9. The fourth-order valence-corrected chi connectivity index (χ4v) is 4.26. The normalized spacial score (nSPS) is 18.3. The van der Waals surface area contributed by atoms with E-state index < -0.39 is 0 Å². The third kappa shape index (κ3) is 2.35. The summed E-state index contributed by atoms with van der Waals surface area (Å²) in [6, 6.07) is 0. The predicted molar refractivity (Wildman–Crippen MR) is 82.3 cm³/mol. The number of nitrogens with one attached hydrogen (secondary N) is 1. The zero-order chi connectivity index (χ0) is 13.4. The first-order valence-corrected chi connectivity index (χ1v) is 7.71. The van der Waals surface area contributed by atoms with Crippen molar-refractivity contribution in [3.8, 4) is 0 Å². The maximum Gasteiger partial charge on any atom is 0.225 e. The third-order valence-electron chi connectivity index (χ3n) is 3.52. The molecule has 0 spiro atoms. The molecule has 0 aromatic carbocycles. The van der Waals surface area contributed by atoms with E-state index in [-0.39, 0.29) is 0 Å². The molecule has 0 amide bonds. The maximum atomic E-state index is 6.35. The molecule has 100 valence electrons. The van der Waals surface area contributed by atoms with E-state index in [4.69, 9.17) is 11.6 Å². The van der Waals surface area contributed by atoms with Gasteiger partial charge in [0.15, 0.2) is 0 Å². The van der Waals surface area contributed by atoms with Gasteiger partial charge >= 0.3 is 0 Å². The molecule has 1 aliphatic carbocycles. The monoisotopic (exact) mass is 293 g/mol. The van der Waals surface area contributed by atoms with Gasteiger partial charge in [0.1, 0.15) is 9.98 Å². The minimum atomic E-state index is 0.573. The second-order valence-corrected chi connectivity index (χ2v) is 6.48. The highest BCUT2D eigenvalue weighted by molar-refractivity contribution is 7.19. The Labute approximate surface area is 121 Å². The second-order valence-electron chi connectivity index (χ2n) is 5.04. The number of rotatable bonds is 3. The number of aryl methyl sites for hydroxylation is 1. The van der Waals surface area contributed by atoms with Crippen LogP contribution in [0.2, 0.25) is 5.15 Å². The molecule has 3 nitrogen and oxygen atoms in total. The van der Waals surface area contributed by atoms with E-state index in [0.29, 0.717) is 17.6 Å². The Kier molecular flexibility index (Phi) is 3.46. The quantitative estimate of drug-likeness (QED) is 0.685. The predicted octanol–water partition coefficient (Wildman–Crippen LogP) is 4.07. The van der Waals surface area contributed by atoms with Crippen LogP contribution in [0.5, 0.6) is 0 Å². The van der Waals surface area contributed by atoms with Crippen LogP contribution in [-0.4, -0.2) is 16.5 Å². The summed E-state index contributed by atoms with van der Waals surface area (Å²) in [4.78, 5) is 11.3.